The highest BCUT2D eigenvalue weighted by Crippen LogP contribution is 2.17. The molecule has 6 nitrogen and oxygen atoms in total. The average molecular weight is 325 g/mol. The van der Waals surface area contributed by atoms with Crippen LogP contribution < -0.4 is 10.2 Å². The summed E-state index contributed by atoms with van der Waals surface area (Å²) >= 11 is 0. The molecule has 1 N–H and O–H groups in total. The van der Waals surface area contributed by atoms with E-state index in [-0.39, 0.29) is 11.3 Å². The number of nitrogens with zero attached hydrogens (tertiary/aromatic N) is 4. The van der Waals surface area contributed by atoms with Gasteiger partial charge in [0, 0.05) is 32.1 Å². The zero-order chi connectivity index (χ0) is 17.1. The van der Waals surface area contributed by atoms with E-state index in [1.165, 1.54) is 16.8 Å². The second-order valence-corrected chi connectivity index (χ2v) is 5.37. The number of amides is 1. The molecule has 0 aliphatic rings. The summed E-state index contributed by atoms with van der Waals surface area (Å²) in [5, 5.41) is 6.67. The Morgan fingerprint density at radius 1 is 1.25 bits per heavy atom. The van der Waals surface area contributed by atoms with Crippen molar-refractivity contribution in [1.82, 2.24) is 14.8 Å². The first-order valence-electron chi connectivity index (χ1n) is 7.29. The van der Waals surface area contributed by atoms with Gasteiger partial charge in [0.2, 0.25) is 0 Å². The molecule has 0 bridgehead atoms. The molecule has 0 aliphatic carbocycles. The Balaban J connectivity index is 1.76. The van der Waals surface area contributed by atoms with Crippen molar-refractivity contribution in [2.24, 2.45) is 0 Å². The van der Waals surface area contributed by atoms with Crippen LogP contribution in [0.5, 0.6) is 0 Å². The van der Waals surface area contributed by atoms with Gasteiger partial charge in [-0.2, -0.15) is 5.10 Å². The summed E-state index contributed by atoms with van der Waals surface area (Å²) in [5.41, 5.74) is 1.05. The molecular formula is C17H16FN5O. The van der Waals surface area contributed by atoms with E-state index in [0.717, 1.165) is 5.82 Å². The van der Waals surface area contributed by atoms with Gasteiger partial charge in [0.1, 0.15) is 17.3 Å². The van der Waals surface area contributed by atoms with Crippen LogP contribution in [0, 0.1) is 5.82 Å². The van der Waals surface area contributed by atoms with E-state index in [9.17, 15) is 9.18 Å². The summed E-state index contributed by atoms with van der Waals surface area (Å²) in [7, 11) is 3.76. The Morgan fingerprint density at radius 3 is 2.67 bits per heavy atom. The summed E-state index contributed by atoms with van der Waals surface area (Å²) < 4.78 is 15.6. The molecule has 0 saturated heterocycles. The van der Waals surface area contributed by atoms with E-state index in [2.05, 4.69) is 15.4 Å². The van der Waals surface area contributed by atoms with Gasteiger partial charge in [-0.15, -0.1) is 0 Å². The van der Waals surface area contributed by atoms with Crippen molar-refractivity contribution in [2.45, 2.75) is 0 Å². The van der Waals surface area contributed by atoms with Gasteiger partial charge >= 0.3 is 0 Å². The minimum Gasteiger partial charge on any atom is -0.363 e. The maximum Gasteiger partial charge on any atom is 0.255 e. The smallest absolute Gasteiger partial charge is 0.255 e. The molecule has 0 unspecified atom stereocenters. The molecule has 0 fully saturated rings. The molecule has 24 heavy (non-hydrogen) atoms. The maximum atomic E-state index is 14.2. The number of anilines is 2. The largest absolute Gasteiger partial charge is 0.363 e. The predicted octanol–water partition coefficient (Wildman–Crippen LogP) is 2.72. The first-order chi connectivity index (χ1) is 11.5. The van der Waals surface area contributed by atoms with E-state index in [0.29, 0.717) is 5.69 Å². The molecule has 0 saturated carbocycles. The van der Waals surface area contributed by atoms with Crippen LogP contribution in [0.2, 0.25) is 0 Å². The van der Waals surface area contributed by atoms with E-state index in [1.807, 2.05) is 19.0 Å². The molecule has 122 valence electrons. The van der Waals surface area contributed by atoms with Crippen molar-refractivity contribution in [1.29, 1.82) is 0 Å². The first-order valence-corrected chi connectivity index (χ1v) is 7.29. The lowest BCUT2D eigenvalue weighted by atomic mass is 10.2. The van der Waals surface area contributed by atoms with Crippen LogP contribution >= 0.6 is 0 Å². The number of benzene rings is 1. The molecule has 1 amide bonds. The van der Waals surface area contributed by atoms with E-state index in [1.54, 1.807) is 42.9 Å². The topological polar surface area (TPSA) is 63.1 Å². The van der Waals surface area contributed by atoms with Gasteiger partial charge in [0.05, 0.1) is 11.9 Å². The number of rotatable bonds is 4. The third-order valence-corrected chi connectivity index (χ3v) is 3.43. The number of hydrogen-bond donors (Lipinski definition) is 1. The Bertz CT molecular complexity index is 844. The fourth-order valence-electron chi connectivity index (χ4n) is 2.17. The molecule has 0 spiro atoms. The Hall–Kier alpha value is -3.22. The fraction of sp³-hybridized carbons (Fsp3) is 0.118. The Morgan fingerprint density at radius 2 is 2.08 bits per heavy atom. The zero-order valence-electron chi connectivity index (χ0n) is 13.3. The molecule has 7 heteroatoms. The molecule has 3 rings (SSSR count). The minimum atomic E-state index is -0.521. The van der Waals surface area contributed by atoms with Crippen LogP contribution in [0.4, 0.5) is 15.9 Å². The molecule has 0 atom stereocenters. The van der Waals surface area contributed by atoms with E-state index >= 15 is 0 Å². The summed E-state index contributed by atoms with van der Waals surface area (Å²) in [6.45, 7) is 0. The molecule has 2 heterocycles. The molecule has 1 aromatic carbocycles. The third kappa shape index (κ3) is 3.24. The normalized spacial score (nSPS) is 10.5. The number of carbonyl (C=O) groups is 1. The Kier molecular flexibility index (Phi) is 4.24. The summed E-state index contributed by atoms with van der Waals surface area (Å²) in [6.07, 6.45) is 4.75. The van der Waals surface area contributed by atoms with E-state index in [4.69, 9.17) is 0 Å². The summed E-state index contributed by atoms with van der Waals surface area (Å²) in [4.78, 5) is 18.3. The lowest BCUT2D eigenvalue weighted by molar-refractivity contribution is 0.102. The Labute approximate surface area is 138 Å². The lowest BCUT2D eigenvalue weighted by Gasteiger charge is -2.12. The second-order valence-electron chi connectivity index (χ2n) is 5.37. The average Bonchev–Trinajstić information content (AvgIpc) is 3.09. The highest BCUT2D eigenvalue weighted by Gasteiger charge is 2.11. The first kappa shape index (κ1) is 15.7. The highest BCUT2D eigenvalue weighted by molar-refractivity contribution is 6.04. The van der Waals surface area contributed by atoms with Crippen molar-refractivity contribution in [3.63, 3.8) is 0 Å². The van der Waals surface area contributed by atoms with Crippen molar-refractivity contribution in [3.8, 4) is 5.69 Å². The van der Waals surface area contributed by atoms with E-state index < -0.39 is 11.7 Å². The molecule has 3 aromatic rings. The van der Waals surface area contributed by atoms with Gasteiger partial charge < -0.3 is 10.2 Å². The maximum absolute atomic E-state index is 14.2. The monoisotopic (exact) mass is 325 g/mol. The van der Waals surface area contributed by atoms with Crippen LogP contribution in [0.1, 0.15) is 10.4 Å². The SMILES string of the molecule is CN(C)c1ccc(NC(=O)c2ccc(-n3cccn3)c(F)c2)cn1. The van der Waals surface area contributed by atoms with Gasteiger partial charge in [-0.3, -0.25) is 4.79 Å². The summed E-state index contributed by atoms with van der Waals surface area (Å²) in [6, 6.07) is 9.49. The molecule has 0 radical (unpaired) electrons. The molecular weight excluding hydrogens is 309 g/mol. The van der Waals surface area contributed by atoms with Gasteiger partial charge in [-0.05, 0) is 36.4 Å². The van der Waals surface area contributed by atoms with Gasteiger partial charge in [0.25, 0.3) is 5.91 Å². The van der Waals surface area contributed by atoms with Crippen molar-refractivity contribution >= 4 is 17.4 Å². The van der Waals surface area contributed by atoms with Crippen LogP contribution in [0.25, 0.3) is 5.69 Å². The standard InChI is InChI=1S/C17H16FN5O/c1-22(2)16-7-5-13(11-19-16)21-17(24)12-4-6-15(14(18)10-12)23-9-3-8-20-23/h3-11H,1-2H3,(H,21,24). The number of hydrogen-bond acceptors (Lipinski definition) is 4. The molecule has 0 aliphatic heterocycles. The van der Waals surface area contributed by atoms with Crippen LogP contribution in [-0.2, 0) is 0 Å². The zero-order valence-corrected chi connectivity index (χ0v) is 13.3. The minimum absolute atomic E-state index is 0.222. The second kappa shape index (κ2) is 6.49. The number of carbonyl (C=O) groups excluding carboxylic acids is 1. The lowest BCUT2D eigenvalue weighted by Crippen LogP contribution is -2.14. The van der Waals surface area contributed by atoms with Gasteiger partial charge in [0.15, 0.2) is 0 Å². The predicted molar refractivity (Wildman–Crippen MR) is 90.0 cm³/mol. The van der Waals surface area contributed by atoms with Crippen LogP contribution in [0.15, 0.2) is 55.0 Å². The van der Waals surface area contributed by atoms with Crippen molar-refractivity contribution in [3.05, 3.63) is 66.4 Å². The van der Waals surface area contributed by atoms with Gasteiger partial charge in [-0.25, -0.2) is 14.1 Å². The molecule has 2 aromatic heterocycles. The number of halogens is 1. The van der Waals surface area contributed by atoms with Crippen LogP contribution in [0.3, 0.4) is 0 Å². The van der Waals surface area contributed by atoms with Crippen LogP contribution in [-0.4, -0.2) is 34.8 Å². The van der Waals surface area contributed by atoms with Crippen molar-refractivity contribution < 1.29 is 9.18 Å². The number of aromatic nitrogens is 3. The highest BCUT2D eigenvalue weighted by atomic mass is 19.1. The van der Waals surface area contributed by atoms with Gasteiger partial charge in [-0.1, -0.05) is 0 Å². The summed E-state index contributed by atoms with van der Waals surface area (Å²) in [5.74, 6) is -0.143. The quantitative estimate of drug-likeness (QED) is 0.801. The number of nitrogens with one attached hydrogen (secondary N) is 1. The fourth-order valence-corrected chi connectivity index (χ4v) is 2.17. The van der Waals surface area contributed by atoms with Crippen molar-refractivity contribution in [2.75, 3.05) is 24.3 Å². The third-order valence-electron chi connectivity index (χ3n) is 3.43. The number of pyridine rings is 1.